The molecule has 0 saturated carbocycles. The molecule has 1 N–H and O–H groups in total. The van der Waals surface area contributed by atoms with Crippen LogP contribution in [-0.2, 0) is 7.05 Å². The smallest absolute Gasteiger partial charge is 0.257 e. The molecule has 5 nitrogen and oxygen atoms in total. The van der Waals surface area contributed by atoms with Crippen molar-refractivity contribution in [1.29, 1.82) is 0 Å². The summed E-state index contributed by atoms with van der Waals surface area (Å²) >= 11 is 0. The number of carbonyl (C=O) groups excluding carboxylic acids is 1. The molecule has 0 atom stereocenters. The summed E-state index contributed by atoms with van der Waals surface area (Å²) in [5, 5.41) is 6.90. The van der Waals surface area contributed by atoms with E-state index in [0.717, 1.165) is 16.9 Å². The van der Waals surface area contributed by atoms with Gasteiger partial charge in [-0.2, -0.15) is 5.10 Å². The summed E-state index contributed by atoms with van der Waals surface area (Å²) in [6.45, 7) is 3.78. The fourth-order valence-electron chi connectivity index (χ4n) is 1.51. The first-order valence-corrected chi connectivity index (χ1v) is 5.30. The molecule has 0 spiro atoms. The number of rotatable bonds is 2. The zero-order valence-corrected chi connectivity index (χ0v) is 10.1. The van der Waals surface area contributed by atoms with Gasteiger partial charge in [0.25, 0.3) is 5.91 Å². The van der Waals surface area contributed by atoms with Gasteiger partial charge in [-0.15, -0.1) is 0 Å². The van der Waals surface area contributed by atoms with Crippen molar-refractivity contribution in [2.45, 2.75) is 13.8 Å². The lowest BCUT2D eigenvalue weighted by molar-refractivity contribution is 0.102. The van der Waals surface area contributed by atoms with Gasteiger partial charge in [-0.1, -0.05) is 0 Å². The van der Waals surface area contributed by atoms with Crippen molar-refractivity contribution in [3.63, 3.8) is 0 Å². The molecule has 2 aromatic heterocycles. The quantitative estimate of drug-likeness (QED) is 0.854. The topological polar surface area (TPSA) is 59.8 Å². The first kappa shape index (κ1) is 11.3. The number of aromatic nitrogens is 3. The summed E-state index contributed by atoms with van der Waals surface area (Å²) in [5.74, 6) is -0.160. The van der Waals surface area contributed by atoms with E-state index in [1.807, 2.05) is 27.0 Å². The molecule has 0 saturated heterocycles. The normalized spacial score (nSPS) is 10.3. The number of nitrogens with zero attached hydrogens (tertiary/aromatic N) is 3. The van der Waals surface area contributed by atoms with E-state index in [9.17, 15) is 4.79 Å². The Bertz CT molecular complexity index is 559. The average Bonchev–Trinajstić information content (AvgIpc) is 2.61. The van der Waals surface area contributed by atoms with Crippen molar-refractivity contribution in [1.82, 2.24) is 14.8 Å². The van der Waals surface area contributed by atoms with E-state index in [0.29, 0.717) is 5.56 Å². The van der Waals surface area contributed by atoms with Gasteiger partial charge in [0.15, 0.2) is 0 Å². The minimum Gasteiger partial charge on any atom is -0.319 e. The standard InChI is InChI=1S/C12H14N4O/c1-8-4-5-13-6-10(8)12(17)15-11-7-14-16(3)9(11)2/h4-7H,1-3H3,(H,15,17). The second kappa shape index (κ2) is 4.37. The molecular weight excluding hydrogens is 216 g/mol. The van der Waals surface area contributed by atoms with Crippen LogP contribution in [0.3, 0.4) is 0 Å². The van der Waals surface area contributed by atoms with Gasteiger partial charge in [0.05, 0.1) is 23.1 Å². The number of carbonyl (C=O) groups is 1. The first-order valence-electron chi connectivity index (χ1n) is 5.30. The van der Waals surface area contributed by atoms with E-state index in [4.69, 9.17) is 0 Å². The molecule has 2 aromatic rings. The Hall–Kier alpha value is -2.17. The third kappa shape index (κ3) is 2.18. The van der Waals surface area contributed by atoms with Crippen LogP contribution in [0.15, 0.2) is 24.7 Å². The third-order valence-electron chi connectivity index (χ3n) is 2.77. The van der Waals surface area contributed by atoms with E-state index in [1.165, 1.54) is 0 Å². The monoisotopic (exact) mass is 230 g/mol. The molecule has 0 bridgehead atoms. The lowest BCUT2D eigenvalue weighted by atomic mass is 10.1. The highest BCUT2D eigenvalue weighted by Crippen LogP contribution is 2.14. The molecule has 88 valence electrons. The molecule has 0 radical (unpaired) electrons. The highest BCUT2D eigenvalue weighted by molar-refractivity contribution is 6.05. The lowest BCUT2D eigenvalue weighted by Crippen LogP contribution is -2.14. The molecule has 17 heavy (non-hydrogen) atoms. The van der Waals surface area contributed by atoms with E-state index in [2.05, 4.69) is 15.4 Å². The number of amides is 1. The Morgan fingerprint density at radius 1 is 1.35 bits per heavy atom. The molecule has 0 unspecified atom stereocenters. The molecule has 1 amide bonds. The van der Waals surface area contributed by atoms with Crippen LogP contribution in [-0.4, -0.2) is 20.7 Å². The molecule has 0 aliphatic rings. The summed E-state index contributed by atoms with van der Waals surface area (Å²) in [7, 11) is 1.83. The molecule has 0 fully saturated rings. The van der Waals surface area contributed by atoms with E-state index in [1.54, 1.807) is 23.3 Å². The highest BCUT2D eigenvalue weighted by atomic mass is 16.1. The fourth-order valence-corrected chi connectivity index (χ4v) is 1.51. The highest BCUT2D eigenvalue weighted by Gasteiger charge is 2.12. The Kier molecular flexibility index (Phi) is 2.91. The van der Waals surface area contributed by atoms with E-state index >= 15 is 0 Å². The van der Waals surface area contributed by atoms with Gasteiger partial charge >= 0.3 is 0 Å². The zero-order valence-electron chi connectivity index (χ0n) is 10.1. The Morgan fingerprint density at radius 2 is 2.12 bits per heavy atom. The minimum atomic E-state index is -0.160. The van der Waals surface area contributed by atoms with Gasteiger partial charge < -0.3 is 5.32 Å². The second-order valence-corrected chi connectivity index (χ2v) is 3.91. The predicted molar refractivity (Wildman–Crippen MR) is 64.9 cm³/mol. The van der Waals surface area contributed by atoms with E-state index < -0.39 is 0 Å². The predicted octanol–water partition coefficient (Wildman–Crippen LogP) is 1.68. The van der Waals surface area contributed by atoms with Gasteiger partial charge in [0.2, 0.25) is 0 Å². The maximum atomic E-state index is 12.0. The summed E-state index contributed by atoms with van der Waals surface area (Å²) in [6.07, 6.45) is 4.87. The van der Waals surface area contributed by atoms with Crippen molar-refractivity contribution >= 4 is 11.6 Å². The number of anilines is 1. The van der Waals surface area contributed by atoms with Gasteiger partial charge in [0, 0.05) is 19.4 Å². The molecule has 5 heteroatoms. The molecule has 0 aliphatic heterocycles. The third-order valence-corrected chi connectivity index (χ3v) is 2.77. The van der Waals surface area contributed by atoms with Crippen LogP contribution in [0.5, 0.6) is 0 Å². The summed E-state index contributed by atoms with van der Waals surface area (Å²) in [5.41, 5.74) is 3.12. The van der Waals surface area contributed by atoms with Crippen LogP contribution in [0.25, 0.3) is 0 Å². The summed E-state index contributed by atoms with van der Waals surface area (Å²) in [6, 6.07) is 1.81. The molecule has 2 heterocycles. The van der Waals surface area contributed by atoms with Gasteiger partial charge in [0.1, 0.15) is 0 Å². The zero-order chi connectivity index (χ0) is 12.4. The van der Waals surface area contributed by atoms with Crippen LogP contribution in [0.4, 0.5) is 5.69 Å². The number of pyridine rings is 1. The van der Waals surface area contributed by atoms with Crippen LogP contribution < -0.4 is 5.32 Å². The lowest BCUT2D eigenvalue weighted by Gasteiger charge is -2.06. The van der Waals surface area contributed by atoms with Crippen molar-refractivity contribution in [2.75, 3.05) is 5.32 Å². The minimum absolute atomic E-state index is 0.160. The Balaban J connectivity index is 2.23. The van der Waals surface area contributed by atoms with Gasteiger partial charge in [-0.25, -0.2) is 0 Å². The largest absolute Gasteiger partial charge is 0.319 e. The number of aryl methyl sites for hydroxylation is 2. The Morgan fingerprint density at radius 3 is 2.71 bits per heavy atom. The van der Waals surface area contributed by atoms with Crippen LogP contribution in [0.2, 0.25) is 0 Å². The van der Waals surface area contributed by atoms with Crippen molar-refractivity contribution < 1.29 is 4.79 Å². The van der Waals surface area contributed by atoms with E-state index in [-0.39, 0.29) is 5.91 Å². The van der Waals surface area contributed by atoms with Crippen LogP contribution >= 0.6 is 0 Å². The van der Waals surface area contributed by atoms with Gasteiger partial charge in [-0.3, -0.25) is 14.5 Å². The second-order valence-electron chi connectivity index (χ2n) is 3.91. The number of hydrogen-bond acceptors (Lipinski definition) is 3. The maximum absolute atomic E-state index is 12.0. The molecule has 2 rings (SSSR count). The van der Waals surface area contributed by atoms with Gasteiger partial charge in [-0.05, 0) is 25.5 Å². The first-order chi connectivity index (χ1) is 8.09. The number of hydrogen-bond donors (Lipinski definition) is 1. The van der Waals surface area contributed by atoms with Crippen LogP contribution in [0, 0.1) is 13.8 Å². The van der Waals surface area contributed by atoms with Crippen LogP contribution in [0.1, 0.15) is 21.6 Å². The maximum Gasteiger partial charge on any atom is 0.257 e. The number of nitrogens with one attached hydrogen (secondary N) is 1. The summed E-state index contributed by atoms with van der Waals surface area (Å²) in [4.78, 5) is 16.0. The SMILES string of the molecule is Cc1ccncc1C(=O)Nc1cnn(C)c1C. The van der Waals surface area contributed by atoms with Crippen molar-refractivity contribution in [3.05, 3.63) is 41.5 Å². The average molecular weight is 230 g/mol. The molecule has 0 aliphatic carbocycles. The Labute approximate surface area is 99.5 Å². The molecule has 0 aromatic carbocycles. The van der Waals surface area contributed by atoms with Crippen molar-refractivity contribution in [3.8, 4) is 0 Å². The fraction of sp³-hybridized carbons (Fsp3) is 0.250. The van der Waals surface area contributed by atoms with Crippen molar-refractivity contribution in [2.24, 2.45) is 7.05 Å². The molecular formula is C12H14N4O. The summed E-state index contributed by atoms with van der Waals surface area (Å²) < 4.78 is 1.71.